The average Bonchev–Trinajstić information content (AvgIpc) is 3.51. The van der Waals surface area contributed by atoms with Crippen molar-refractivity contribution in [1.82, 2.24) is 19.7 Å². The van der Waals surface area contributed by atoms with E-state index in [4.69, 9.17) is 0 Å². The first-order chi connectivity index (χ1) is 14.7. The van der Waals surface area contributed by atoms with E-state index in [0.29, 0.717) is 17.7 Å². The minimum absolute atomic E-state index is 0.0699. The number of carbonyl (C=O) groups excluding carboxylic acids is 1. The third-order valence-electron chi connectivity index (χ3n) is 5.43. The number of carbonyl (C=O) groups is 1. The molecule has 1 N–H and O–H groups in total. The molecule has 162 valence electrons. The second kappa shape index (κ2) is 8.13. The van der Waals surface area contributed by atoms with Crippen molar-refractivity contribution in [3.63, 3.8) is 0 Å². The van der Waals surface area contributed by atoms with Crippen molar-refractivity contribution in [3.05, 3.63) is 71.1 Å². The highest BCUT2D eigenvalue weighted by molar-refractivity contribution is 6.03. The van der Waals surface area contributed by atoms with Gasteiger partial charge in [-0.05, 0) is 60.1 Å². The molecule has 4 rings (SSSR count). The van der Waals surface area contributed by atoms with Crippen LogP contribution in [-0.4, -0.2) is 25.7 Å². The van der Waals surface area contributed by atoms with Crippen LogP contribution in [0.2, 0.25) is 0 Å². The maximum absolute atomic E-state index is 13.2. The van der Waals surface area contributed by atoms with Crippen LogP contribution in [-0.2, 0) is 19.6 Å². The molecule has 9 heteroatoms. The minimum atomic E-state index is -4.60. The Balaban J connectivity index is 1.53. The number of hydrogen-bond donors (Lipinski definition) is 1. The fourth-order valence-corrected chi connectivity index (χ4v) is 3.47. The summed E-state index contributed by atoms with van der Waals surface area (Å²) in [6, 6.07) is 9.75. The molecular weight excluding hydrogens is 407 g/mol. The lowest BCUT2D eigenvalue weighted by atomic mass is 9.97. The molecule has 1 saturated carbocycles. The number of hydrogen-bond acceptors (Lipinski definition) is 4. The Morgan fingerprint density at radius 2 is 2.03 bits per heavy atom. The van der Waals surface area contributed by atoms with Crippen LogP contribution < -0.4 is 5.32 Å². The fraction of sp³-hybridized carbons (Fsp3) is 0.364. The number of nitrogens with zero attached hydrogens (tertiary/aromatic N) is 4. The number of anilines is 1. The molecule has 0 saturated heterocycles. The van der Waals surface area contributed by atoms with Crippen LogP contribution in [0.15, 0.2) is 42.7 Å². The molecule has 31 heavy (non-hydrogen) atoms. The quantitative estimate of drug-likeness (QED) is 0.616. The van der Waals surface area contributed by atoms with E-state index >= 15 is 0 Å². The second-order valence-electron chi connectivity index (χ2n) is 7.99. The molecule has 0 spiro atoms. The molecule has 0 radical (unpaired) electrons. The third kappa shape index (κ3) is 4.92. The van der Waals surface area contributed by atoms with Gasteiger partial charge in [-0.2, -0.15) is 13.2 Å². The van der Waals surface area contributed by atoms with Crippen molar-refractivity contribution in [2.75, 3.05) is 5.32 Å². The Morgan fingerprint density at radius 3 is 2.68 bits per heavy atom. The summed E-state index contributed by atoms with van der Waals surface area (Å²) in [5.41, 5.74) is 0.719. The Hall–Kier alpha value is -3.23. The molecule has 0 aliphatic heterocycles. The van der Waals surface area contributed by atoms with E-state index in [1.54, 1.807) is 18.5 Å². The number of aromatic nitrogens is 4. The minimum Gasteiger partial charge on any atom is -0.321 e. The molecule has 1 fully saturated rings. The topological polar surface area (TPSA) is 72.7 Å². The standard InChI is InChI=1S/C22H22F3N5O/c1-13(8-20-29-26-12-30(20)2)15-4-3-5-17(9-15)27-21(31)18-10-16(14-6-7-14)11-19(28-18)22(23,24)25/h3-5,9-14H,6-8H2,1-2H3,(H,27,31)/t13-/m1/s1. The molecule has 2 heterocycles. The van der Waals surface area contributed by atoms with Gasteiger partial charge in [-0.15, -0.1) is 10.2 Å². The smallest absolute Gasteiger partial charge is 0.321 e. The molecule has 1 aliphatic rings. The van der Waals surface area contributed by atoms with Gasteiger partial charge in [-0.1, -0.05) is 19.1 Å². The number of pyridine rings is 1. The molecule has 0 unspecified atom stereocenters. The Kier molecular flexibility index (Phi) is 5.51. The van der Waals surface area contributed by atoms with Crippen molar-refractivity contribution >= 4 is 11.6 Å². The van der Waals surface area contributed by atoms with Crippen LogP contribution in [0, 0.1) is 0 Å². The normalized spacial score (nSPS) is 15.0. The number of halogens is 3. The van der Waals surface area contributed by atoms with E-state index in [9.17, 15) is 18.0 Å². The van der Waals surface area contributed by atoms with Gasteiger partial charge >= 0.3 is 6.18 Å². The van der Waals surface area contributed by atoms with E-state index < -0.39 is 17.8 Å². The number of amides is 1. The van der Waals surface area contributed by atoms with Gasteiger partial charge in [0.2, 0.25) is 0 Å². The van der Waals surface area contributed by atoms with Gasteiger partial charge in [0, 0.05) is 19.2 Å². The summed E-state index contributed by atoms with van der Waals surface area (Å²) in [4.78, 5) is 16.3. The number of aryl methyl sites for hydroxylation is 1. The summed E-state index contributed by atoms with van der Waals surface area (Å²) in [7, 11) is 1.87. The zero-order valence-corrected chi connectivity index (χ0v) is 17.1. The lowest BCUT2D eigenvalue weighted by molar-refractivity contribution is -0.141. The van der Waals surface area contributed by atoms with Crippen molar-refractivity contribution in [2.24, 2.45) is 7.05 Å². The maximum atomic E-state index is 13.2. The number of nitrogens with one attached hydrogen (secondary N) is 1. The first kappa shape index (κ1) is 21.0. The number of rotatable bonds is 6. The van der Waals surface area contributed by atoms with E-state index in [1.165, 1.54) is 6.07 Å². The van der Waals surface area contributed by atoms with Crippen LogP contribution >= 0.6 is 0 Å². The largest absolute Gasteiger partial charge is 0.433 e. The Morgan fingerprint density at radius 1 is 1.26 bits per heavy atom. The van der Waals surface area contributed by atoms with Crippen molar-refractivity contribution < 1.29 is 18.0 Å². The highest BCUT2D eigenvalue weighted by atomic mass is 19.4. The predicted octanol–water partition coefficient (Wildman–Crippen LogP) is 4.70. The molecule has 1 aliphatic carbocycles. The van der Waals surface area contributed by atoms with E-state index in [1.807, 2.05) is 30.7 Å². The molecule has 1 aromatic carbocycles. The maximum Gasteiger partial charge on any atom is 0.433 e. The van der Waals surface area contributed by atoms with Gasteiger partial charge in [0.1, 0.15) is 23.5 Å². The molecule has 1 atom stereocenters. The van der Waals surface area contributed by atoms with Gasteiger partial charge in [0.25, 0.3) is 5.91 Å². The summed E-state index contributed by atoms with van der Waals surface area (Å²) in [6.07, 6.45) is -0.652. The van der Waals surface area contributed by atoms with Crippen molar-refractivity contribution in [1.29, 1.82) is 0 Å². The van der Waals surface area contributed by atoms with Gasteiger partial charge in [-0.25, -0.2) is 4.98 Å². The second-order valence-corrected chi connectivity index (χ2v) is 7.99. The van der Waals surface area contributed by atoms with Gasteiger partial charge in [0.15, 0.2) is 0 Å². The van der Waals surface area contributed by atoms with E-state index in [-0.39, 0.29) is 17.5 Å². The van der Waals surface area contributed by atoms with Gasteiger partial charge < -0.3 is 9.88 Å². The number of benzene rings is 1. The van der Waals surface area contributed by atoms with Crippen molar-refractivity contribution in [3.8, 4) is 0 Å². The molecule has 2 aromatic heterocycles. The molecule has 0 bridgehead atoms. The summed E-state index contributed by atoms with van der Waals surface area (Å²) >= 11 is 0. The van der Waals surface area contributed by atoms with Crippen LogP contribution in [0.1, 0.15) is 64.7 Å². The zero-order chi connectivity index (χ0) is 22.2. The molecule has 6 nitrogen and oxygen atoms in total. The lowest BCUT2D eigenvalue weighted by Crippen LogP contribution is -2.18. The Bertz CT molecular complexity index is 1100. The Labute approximate surface area is 177 Å². The highest BCUT2D eigenvalue weighted by Gasteiger charge is 2.35. The summed E-state index contributed by atoms with van der Waals surface area (Å²) < 4.78 is 41.6. The van der Waals surface area contributed by atoms with Crippen LogP contribution in [0.25, 0.3) is 0 Å². The first-order valence-electron chi connectivity index (χ1n) is 10.0. The molecular formula is C22H22F3N5O. The summed E-state index contributed by atoms with van der Waals surface area (Å²) in [5.74, 6) is 0.349. The average molecular weight is 429 g/mol. The number of alkyl halides is 3. The highest BCUT2D eigenvalue weighted by Crippen LogP contribution is 2.42. The van der Waals surface area contributed by atoms with Crippen LogP contribution in [0.3, 0.4) is 0 Å². The van der Waals surface area contributed by atoms with Gasteiger partial charge in [0.05, 0.1) is 0 Å². The van der Waals surface area contributed by atoms with Gasteiger partial charge in [-0.3, -0.25) is 4.79 Å². The summed E-state index contributed by atoms with van der Waals surface area (Å²) in [5, 5.41) is 10.7. The van der Waals surface area contributed by atoms with Crippen LogP contribution in [0.4, 0.5) is 18.9 Å². The fourth-order valence-electron chi connectivity index (χ4n) is 3.47. The zero-order valence-electron chi connectivity index (χ0n) is 17.1. The molecule has 1 amide bonds. The SMILES string of the molecule is C[C@H](Cc1nncn1C)c1cccc(NC(=O)c2cc(C3CC3)cc(C(F)(F)F)n2)c1. The van der Waals surface area contributed by atoms with Crippen LogP contribution in [0.5, 0.6) is 0 Å². The molecule has 3 aromatic rings. The monoisotopic (exact) mass is 429 g/mol. The first-order valence-corrected chi connectivity index (χ1v) is 10.0. The lowest BCUT2D eigenvalue weighted by Gasteiger charge is -2.14. The third-order valence-corrected chi connectivity index (χ3v) is 5.43. The van der Waals surface area contributed by atoms with E-state index in [2.05, 4.69) is 20.5 Å². The summed E-state index contributed by atoms with van der Waals surface area (Å²) in [6.45, 7) is 2.03. The van der Waals surface area contributed by atoms with E-state index in [0.717, 1.165) is 30.3 Å². The predicted molar refractivity (Wildman–Crippen MR) is 109 cm³/mol. The van der Waals surface area contributed by atoms with Crippen molar-refractivity contribution in [2.45, 2.75) is 44.2 Å².